The number of benzene rings is 3. The van der Waals surface area contributed by atoms with Crippen molar-refractivity contribution in [2.75, 3.05) is 14.2 Å². The van der Waals surface area contributed by atoms with E-state index in [1.807, 2.05) is 48.5 Å². The Bertz CT molecular complexity index is 1080. The lowest BCUT2D eigenvalue weighted by Gasteiger charge is -2.19. The van der Waals surface area contributed by atoms with Crippen LogP contribution in [0.5, 0.6) is 0 Å². The molecule has 0 aliphatic rings. The van der Waals surface area contributed by atoms with Gasteiger partial charge in [-0.15, -0.1) is 0 Å². The number of carbonyl (C=O) groups excluding carboxylic acids is 2. The van der Waals surface area contributed by atoms with E-state index in [-0.39, 0.29) is 17.7 Å². The minimum atomic E-state index is -0.538. The monoisotopic (exact) mass is 462 g/mol. The lowest BCUT2D eigenvalue weighted by Crippen LogP contribution is -2.42. The molecule has 2 N–H and O–H groups in total. The minimum Gasteiger partial charge on any atom is -0.352 e. The second-order valence-electron chi connectivity index (χ2n) is 8.36. The first-order valence-corrected chi connectivity index (χ1v) is 11.8. The fraction of sp³-hybridized carbons (Fsp3) is 0.357. The maximum absolute atomic E-state index is 13.0. The average Bonchev–Trinajstić information content (AvgIpc) is 2.88. The van der Waals surface area contributed by atoms with Crippen LogP contribution in [0.3, 0.4) is 0 Å². The van der Waals surface area contributed by atoms with Gasteiger partial charge in [0.1, 0.15) is 0 Å². The average molecular weight is 463 g/mol. The van der Waals surface area contributed by atoms with E-state index in [2.05, 4.69) is 29.9 Å². The zero-order valence-corrected chi connectivity index (χ0v) is 20.2. The predicted octanol–water partition coefficient (Wildman–Crippen LogP) is 5.65. The number of carbonyl (C=O) groups is 2. The zero-order chi connectivity index (χ0) is 24.3. The molecule has 0 aromatic heterocycles. The summed E-state index contributed by atoms with van der Waals surface area (Å²) in [4.78, 5) is 25.7. The number of nitrogens with one attached hydrogen (secondary N) is 2. The molecule has 0 aliphatic heterocycles. The first kappa shape index (κ1) is 25.4. The standard InChI is InChI=1S/C28H34N2O4/c1-4-5-7-14-21(20-12-8-6-9-13-20)19-26(31)29-30-27(32)24-17-18-25(28(33-2)34-3)23-16-11-10-15-22(23)24/h6,8-13,15-18,21,28H,4-5,7,14,19H2,1-3H3,(H,29,31)(H,30,32). The topological polar surface area (TPSA) is 76.7 Å². The van der Waals surface area contributed by atoms with Crippen LogP contribution in [-0.4, -0.2) is 26.0 Å². The number of fused-ring (bicyclic) bond motifs is 1. The van der Waals surface area contributed by atoms with E-state index in [0.29, 0.717) is 12.0 Å². The van der Waals surface area contributed by atoms with Crippen molar-refractivity contribution in [3.05, 3.63) is 83.4 Å². The molecule has 0 fully saturated rings. The van der Waals surface area contributed by atoms with Gasteiger partial charge in [0, 0.05) is 31.8 Å². The Hall–Kier alpha value is -3.22. The second kappa shape index (κ2) is 12.9. The van der Waals surface area contributed by atoms with Crippen molar-refractivity contribution in [1.29, 1.82) is 0 Å². The molecule has 3 rings (SSSR count). The molecule has 0 aliphatic carbocycles. The van der Waals surface area contributed by atoms with Crippen molar-refractivity contribution in [2.24, 2.45) is 0 Å². The Kier molecular flexibility index (Phi) is 9.62. The molecule has 1 atom stereocenters. The fourth-order valence-corrected chi connectivity index (χ4v) is 4.30. The highest BCUT2D eigenvalue weighted by Gasteiger charge is 2.19. The van der Waals surface area contributed by atoms with Crippen LogP contribution < -0.4 is 10.9 Å². The second-order valence-corrected chi connectivity index (χ2v) is 8.36. The van der Waals surface area contributed by atoms with Gasteiger partial charge in [-0.25, -0.2) is 0 Å². The molecule has 180 valence electrons. The lowest BCUT2D eigenvalue weighted by molar-refractivity contribution is -0.122. The summed E-state index contributed by atoms with van der Waals surface area (Å²) in [6.07, 6.45) is 4.05. The van der Waals surface area contributed by atoms with Gasteiger partial charge in [0.05, 0.1) is 0 Å². The number of unbranched alkanes of at least 4 members (excludes halogenated alkanes) is 2. The summed E-state index contributed by atoms with van der Waals surface area (Å²) in [5, 5.41) is 1.61. The van der Waals surface area contributed by atoms with Crippen LogP contribution >= 0.6 is 0 Å². The normalized spacial score (nSPS) is 12.0. The van der Waals surface area contributed by atoms with Gasteiger partial charge < -0.3 is 9.47 Å². The van der Waals surface area contributed by atoms with Crippen LogP contribution in [0.1, 0.15) is 72.7 Å². The Labute approximate surface area is 201 Å². The number of ether oxygens (including phenoxy) is 2. The van der Waals surface area contributed by atoms with Crippen LogP contribution in [0.15, 0.2) is 66.7 Å². The number of methoxy groups -OCH3 is 2. The van der Waals surface area contributed by atoms with Crippen molar-refractivity contribution < 1.29 is 19.1 Å². The molecule has 0 spiro atoms. The van der Waals surface area contributed by atoms with Crippen LogP contribution in [-0.2, 0) is 14.3 Å². The number of hydrogen-bond acceptors (Lipinski definition) is 4. The van der Waals surface area contributed by atoms with E-state index < -0.39 is 6.29 Å². The molecule has 0 saturated carbocycles. The molecular weight excluding hydrogens is 428 g/mol. The van der Waals surface area contributed by atoms with E-state index in [1.165, 1.54) is 0 Å². The summed E-state index contributed by atoms with van der Waals surface area (Å²) in [5.74, 6) is -0.465. The highest BCUT2D eigenvalue weighted by atomic mass is 16.7. The molecule has 3 aromatic carbocycles. The van der Waals surface area contributed by atoms with Gasteiger partial charge in [-0.1, -0.05) is 86.8 Å². The van der Waals surface area contributed by atoms with Gasteiger partial charge in [-0.3, -0.25) is 20.4 Å². The van der Waals surface area contributed by atoms with Gasteiger partial charge >= 0.3 is 0 Å². The maximum atomic E-state index is 13.0. The first-order valence-electron chi connectivity index (χ1n) is 11.8. The smallest absolute Gasteiger partial charge is 0.270 e. The molecule has 0 bridgehead atoms. The molecule has 1 unspecified atom stereocenters. The van der Waals surface area contributed by atoms with Gasteiger partial charge in [-0.2, -0.15) is 0 Å². The van der Waals surface area contributed by atoms with Gasteiger partial charge in [0.25, 0.3) is 5.91 Å². The molecular formula is C28H34N2O4. The number of rotatable bonds is 11. The summed E-state index contributed by atoms with van der Waals surface area (Å²) in [6.45, 7) is 2.17. The van der Waals surface area contributed by atoms with Gasteiger partial charge in [0.15, 0.2) is 6.29 Å². The molecule has 34 heavy (non-hydrogen) atoms. The molecule has 6 nitrogen and oxygen atoms in total. The third-order valence-electron chi connectivity index (χ3n) is 6.06. The summed E-state index contributed by atoms with van der Waals surface area (Å²) >= 11 is 0. The van der Waals surface area contributed by atoms with Gasteiger partial charge in [0.2, 0.25) is 5.91 Å². The van der Waals surface area contributed by atoms with Crippen LogP contribution in [0.4, 0.5) is 0 Å². The van der Waals surface area contributed by atoms with Crippen LogP contribution in [0, 0.1) is 0 Å². The molecule has 3 aromatic rings. The van der Waals surface area contributed by atoms with E-state index in [9.17, 15) is 9.59 Å². The SMILES string of the molecule is CCCCCC(CC(=O)NNC(=O)c1ccc(C(OC)OC)c2ccccc12)c1ccccc1. The number of amides is 2. The highest BCUT2D eigenvalue weighted by Crippen LogP contribution is 2.29. The number of hydrogen-bond donors (Lipinski definition) is 2. The molecule has 0 radical (unpaired) electrons. The Morgan fingerprint density at radius 2 is 1.50 bits per heavy atom. The summed E-state index contributed by atoms with van der Waals surface area (Å²) < 4.78 is 10.8. The summed E-state index contributed by atoms with van der Waals surface area (Å²) in [6, 6.07) is 21.2. The Balaban J connectivity index is 1.70. The Morgan fingerprint density at radius 1 is 0.824 bits per heavy atom. The lowest BCUT2D eigenvalue weighted by atomic mass is 9.90. The van der Waals surface area contributed by atoms with E-state index in [0.717, 1.165) is 47.6 Å². The van der Waals surface area contributed by atoms with Crippen molar-refractivity contribution in [2.45, 2.75) is 51.2 Å². The quantitative estimate of drug-likeness (QED) is 0.219. The third kappa shape index (κ3) is 6.43. The molecule has 6 heteroatoms. The third-order valence-corrected chi connectivity index (χ3v) is 6.06. The maximum Gasteiger partial charge on any atom is 0.270 e. The molecule has 0 heterocycles. The van der Waals surface area contributed by atoms with Crippen molar-refractivity contribution in [3.63, 3.8) is 0 Å². The largest absolute Gasteiger partial charge is 0.352 e. The summed E-state index contributed by atoms with van der Waals surface area (Å²) in [5.41, 5.74) is 7.64. The predicted molar refractivity (Wildman–Crippen MR) is 134 cm³/mol. The molecule has 0 saturated heterocycles. The van der Waals surface area contributed by atoms with Crippen molar-refractivity contribution >= 4 is 22.6 Å². The highest BCUT2D eigenvalue weighted by molar-refractivity contribution is 6.08. The fourth-order valence-electron chi connectivity index (χ4n) is 4.30. The van der Waals surface area contributed by atoms with Crippen molar-refractivity contribution in [3.8, 4) is 0 Å². The van der Waals surface area contributed by atoms with Crippen LogP contribution in [0.25, 0.3) is 10.8 Å². The van der Waals surface area contributed by atoms with Crippen LogP contribution in [0.2, 0.25) is 0 Å². The van der Waals surface area contributed by atoms with E-state index in [4.69, 9.17) is 9.47 Å². The first-order chi connectivity index (χ1) is 16.6. The van der Waals surface area contributed by atoms with E-state index in [1.54, 1.807) is 20.3 Å². The minimum absolute atomic E-state index is 0.116. The Morgan fingerprint density at radius 3 is 2.18 bits per heavy atom. The van der Waals surface area contributed by atoms with E-state index >= 15 is 0 Å². The summed E-state index contributed by atoms with van der Waals surface area (Å²) in [7, 11) is 3.15. The zero-order valence-electron chi connectivity index (χ0n) is 20.2. The van der Waals surface area contributed by atoms with Gasteiger partial charge in [-0.05, 0) is 34.7 Å². The van der Waals surface area contributed by atoms with Crippen molar-refractivity contribution in [1.82, 2.24) is 10.9 Å². The number of hydrazine groups is 1. The molecule has 2 amide bonds.